The molecule has 2 fully saturated rings. The Bertz CT molecular complexity index is 4940. The molecule has 5 aromatic carbocycles. The number of amides is 4. The highest BCUT2D eigenvalue weighted by molar-refractivity contribution is 7.91. The van der Waals surface area contributed by atoms with Gasteiger partial charge < -0.3 is 101 Å². The van der Waals surface area contributed by atoms with Crippen molar-refractivity contribution in [1.82, 2.24) is 35.4 Å². The van der Waals surface area contributed by atoms with Crippen LogP contribution in [0.25, 0.3) is 0 Å². The number of hydrogen-bond acceptors (Lipinski definition) is 29. The predicted octanol–water partition coefficient (Wildman–Crippen LogP) is 6.74. The third-order valence-corrected chi connectivity index (χ3v) is 26.2. The van der Waals surface area contributed by atoms with E-state index in [9.17, 15) is 71.1 Å². The van der Waals surface area contributed by atoms with Crippen LogP contribution in [0, 0.1) is 36.5 Å². The minimum atomic E-state index is -5.27. The Kier molecular flexibility index (Phi) is 40.2. The lowest BCUT2D eigenvalue weighted by atomic mass is 9.83. The first kappa shape index (κ1) is 105. The molecule has 0 bridgehead atoms. The Morgan fingerprint density at radius 3 is 1.92 bits per heavy atom. The molecule has 7 N–H and O–H groups in total. The zero-order chi connectivity index (χ0) is 95.5. The first-order valence-corrected chi connectivity index (χ1v) is 46.6. The summed E-state index contributed by atoms with van der Waals surface area (Å²) >= 11 is 0. The summed E-state index contributed by atoms with van der Waals surface area (Å²) in [6, 6.07) is 24.1. The van der Waals surface area contributed by atoms with Crippen LogP contribution < -0.4 is 33.2 Å². The molecule has 130 heavy (non-hydrogen) atoms. The van der Waals surface area contributed by atoms with Crippen molar-refractivity contribution in [3.63, 3.8) is 0 Å². The number of likely N-dealkylation sites (N-methyl/N-ethyl adjacent to an activating group) is 2. The van der Waals surface area contributed by atoms with Crippen LogP contribution in [0.1, 0.15) is 153 Å². The molecule has 3 heterocycles. The quantitative estimate of drug-likeness (QED) is 0.0118. The molecule has 2 aliphatic rings. The number of rotatable bonds is 55. The minimum absolute atomic E-state index is 0.0311. The van der Waals surface area contributed by atoms with E-state index in [1.807, 2.05) is 68.6 Å². The average Bonchev–Trinajstić information content (AvgIpc) is 1.01. The number of Topliss-reactive ketones (excluding diaryl/α,β-unsaturated/α-hetero) is 3. The number of carbonyl (C=O) groups excluding carboxylic acids is 7. The molecular formula is C92H129N8O28S2+. The Morgan fingerprint density at radius 1 is 0.700 bits per heavy atom. The molecule has 2 aliphatic heterocycles. The number of aromatic nitrogens is 3. The van der Waals surface area contributed by atoms with Crippen LogP contribution in [0.5, 0.6) is 28.7 Å². The van der Waals surface area contributed by atoms with Gasteiger partial charge in [-0.05, 0) is 86.1 Å². The van der Waals surface area contributed by atoms with Crippen LogP contribution in [-0.4, -0.2) is 294 Å². The molecule has 716 valence electrons. The maximum Gasteiger partial charge on any atom is 0.501 e. The highest BCUT2D eigenvalue weighted by Crippen LogP contribution is 2.41. The number of methoxy groups -OCH3 is 4. The van der Waals surface area contributed by atoms with Crippen molar-refractivity contribution in [3.8, 4) is 28.7 Å². The monoisotopic (exact) mass is 1860 g/mol. The van der Waals surface area contributed by atoms with Crippen molar-refractivity contribution in [1.29, 1.82) is 0 Å². The van der Waals surface area contributed by atoms with E-state index in [4.69, 9.17) is 51.0 Å². The molecule has 6 aromatic rings. The van der Waals surface area contributed by atoms with Gasteiger partial charge in [0.25, 0.3) is 5.91 Å². The molecule has 8 rings (SSSR count). The maximum absolute atomic E-state index is 15.2. The highest BCUT2D eigenvalue weighted by atomic mass is 32.3. The summed E-state index contributed by atoms with van der Waals surface area (Å²) in [4.78, 5) is 114. The van der Waals surface area contributed by atoms with Gasteiger partial charge >= 0.3 is 16.4 Å². The molecule has 0 radical (unpaired) electrons. The number of carboxylic acid groups (broad SMARTS) is 1. The molecule has 2 saturated heterocycles. The third kappa shape index (κ3) is 29.3. The van der Waals surface area contributed by atoms with Crippen molar-refractivity contribution >= 4 is 67.2 Å². The van der Waals surface area contributed by atoms with Crippen LogP contribution >= 0.6 is 0 Å². The van der Waals surface area contributed by atoms with E-state index < -0.39 is 141 Å². The van der Waals surface area contributed by atoms with Crippen LogP contribution in [0.4, 0.5) is 0 Å². The number of carbonyl (C=O) groups is 8. The molecule has 0 saturated carbocycles. The topological polar surface area (TPSA) is 469 Å². The van der Waals surface area contributed by atoms with Gasteiger partial charge in [0.2, 0.25) is 24.0 Å². The summed E-state index contributed by atoms with van der Waals surface area (Å²) in [5.41, 5.74) is 3.02. The van der Waals surface area contributed by atoms with Gasteiger partial charge in [-0.15, -0.1) is 13.5 Å². The van der Waals surface area contributed by atoms with Gasteiger partial charge in [-0.25, -0.2) is 17.9 Å². The van der Waals surface area contributed by atoms with Gasteiger partial charge in [0.15, 0.2) is 50.5 Å². The second-order valence-corrected chi connectivity index (χ2v) is 37.3. The summed E-state index contributed by atoms with van der Waals surface area (Å²) in [7, 11) is 2.02. The number of nitrogens with zero attached hydrogens (tertiary/aromatic N) is 6. The number of aliphatic carboxylic acids is 1. The zero-order valence-corrected chi connectivity index (χ0v) is 78.3. The van der Waals surface area contributed by atoms with E-state index in [1.165, 1.54) is 83.0 Å². The van der Waals surface area contributed by atoms with E-state index in [0.717, 1.165) is 23.3 Å². The Hall–Kier alpha value is -9.94. The van der Waals surface area contributed by atoms with Crippen LogP contribution in [0.3, 0.4) is 0 Å². The lowest BCUT2D eigenvalue weighted by Crippen LogP contribution is -2.60. The third-order valence-electron chi connectivity index (χ3n) is 23.7. The Labute approximate surface area is 760 Å². The fraction of sp³-hybridized carbons (Fsp3) is 0.565. The smallest absolute Gasteiger partial charge is 0.496 e. The molecule has 36 nitrogen and oxygen atoms in total. The number of aliphatic hydroxyl groups is 4. The van der Waals surface area contributed by atoms with Gasteiger partial charge in [-0.1, -0.05) is 120 Å². The fourth-order valence-corrected chi connectivity index (χ4v) is 18.5. The number of aryl methyl sites for hydroxylation is 1. The summed E-state index contributed by atoms with van der Waals surface area (Å²) in [6.45, 7) is 16.1. The summed E-state index contributed by atoms with van der Waals surface area (Å²) in [5.74, 6) is -8.16. The number of ether oxygens (including phenoxy) is 9. The number of nitrogens with one attached hydrogen (secondary N) is 2. The van der Waals surface area contributed by atoms with E-state index in [1.54, 1.807) is 71.0 Å². The fourth-order valence-electron chi connectivity index (χ4n) is 16.5. The lowest BCUT2D eigenvalue weighted by molar-refractivity contribution is -0.922. The van der Waals surface area contributed by atoms with Gasteiger partial charge in [0.1, 0.15) is 54.2 Å². The van der Waals surface area contributed by atoms with E-state index in [2.05, 4.69) is 20.9 Å². The van der Waals surface area contributed by atoms with Crippen LogP contribution in [0.2, 0.25) is 0 Å². The second kappa shape index (κ2) is 49.5. The minimum Gasteiger partial charge on any atom is -0.496 e. The van der Waals surface area contributed by atoms with Crippen molar-refractivity contribution in [3.05, 3.63) is 154 Å². The number of hydrogen-bond donors (Lipinski definition) is 7. The predicted molar refractivity (Wildman–Crippen MR) is 475 cm³/mol. The number of benzene rings is 5. The van der Waals surface area contributed by atoms with Gasteiger partial charge in [0.05, 0.1) is 140 Å². The lowest BCUT2D eigenvalue weighted by Gasteiger charge is -2.42. The molecule has 4 amide bonds. The molecular weight excluding hydrogens is 1730 g/mol. The van der Waals surface area contributed by atoms with Gasteiger partial charge in [-0.2, -0.15) is 0 Å². The highest BCUT2D eigenvalue weighted by Gasteiger charge is 2.48. The van der Waals surface area contributed by atoms with E-state index >= 15 is 9.59 Å². The summed E-state index contributed by atoms with van der Waals surface area (Å²) < 4.78 is 119. The normalized spacial score (nSPS) is 18.5. The summed E-state index contributed by atoms with van der Waals surface area (Å²) in [6.07, 6.45) is -7.50. The number of quaternary nitrogens is 1. The number of likely N-dealkylation sites (tertiary alicyclic amines) is 1. The van der Waals surface area contributed by atoms with Crippen LogP contribution in [0.15, 0.2) is 120 Å². The van der Waals surface area contributed by atoms with Crippen molar-refractivity contribution < 1.29 is 136 Å². The van der Waals surface area contributed by atoms with Gasteiger partial charge in [0, 0.05) is 101 Å². The molecule has 38 heteroatoms. The molecule has 3 unspecified atom stereocenters. The Morgan fingerprint density at radius 2 is 1.32 bits per heavy atom. The number of ketones is 3. The van der Waals surface area contributed by atoms with Crippen molar-refractivity contribution in [2.24, 2.45) is 29.6 Å². The second-order valence-electron chi connectivity index (χ2n) is 34.1. The van der Waals surface area contributed by atoms with Crippen LogP contribution in [-0.2, 0) is 98.7 Å². The van der Waals surface area contributed by atoms with Crippen molar-refractivity contribution in [2.45, 2.75) is 205 Å². The number of carboxylic acids is 1. The average molecular weight is 1860 g/mol. The maximum atomic E-state index is 15.2. The SMILES string of the molecule is CCC(C)[C@@H]([C@@H](CC(=O)N1CCC[C@H]1[C@H](OC)[C@@H](C)C(=O)NC(Cc1ccccc1)C(=O)O)OC)N(C)C(=O)[C@@H](CC(=O)[C@H](C(C)C)[N+](C)(C)Cc1c(OC)cc(OS(=O)(=O)Oc2cc(C(=O)CCCOCCOCCOCCn3cc(CNC(=O)c4ccc(C(=O)CCS(=O)(=O)c5ccc(C)cc5)cc4)nn3)ccc2OC2O[C@H](CO)[C@H](O)[C@H](O)[C@H]2O)cc1OC)C(C)C. The number of sulfone groups is 1. The molecule has 14 atom stereocenters. The summed E-state index contributed by atoms with van der Waals surface area (Å²) in [5, 5.41) is 65.7. The zero-order valence-electron chi connectivity index (χ0n) is 76.7. The molecule has 0 spiro atoms. The van der Waals surface area contributed by atoms with Gasteiger partial charge in [-0.3, -0.25) is 33.6 Å². The molecule has 0 aliphatic carbocycles. The Balaban J connectivity index is 0.834. The number of aliphatic hydroxyl groups excluding tert-OH is 4. The standard InChI is InChI=1S/C92H128N8O28S2/c1-16-59(7)82(79(120-14)51-81(105)99-37-20-24-71(99)87(121-15)60(8)88(109)94-70(91(112)113)46-61-22-18-17-19-23-61)97(9)90(111)68(56(2)3)50-74(104)83(57(4)5)100(10,11)54-69-76(118-12)48-66(49-77(69)119-13)127-130(116,117)128-78-47-64(32-35-75(78)125-92-86(108)85(107)84(106)80(55-101)126-92)72(102)25-21-39-122-41-43-124-44-42-123-40-38-98-53-65(95-96-98)52-93-89(110)63-30-28-62(29-31-63)73(103)36-45-129(114,115)67-33-26-58(6)27-34-67/h17-19,22-23,26-35,47-49,53,56-57,59-60,68,70-71,79-80,82-87,92,101,106-108H,16,20-21,24-25,36-46,50-52,54-55H2,1-15H3,(H2-,93,94,109,110,112,113)/p+1/t59?,60-,68+,70?,71+,79-,80-,82+,83+,84+,85+,86-,87-,92?/m1/s1. The largest absolute Gasteiger partial charge is 0.501 e. The van der Waals surface area contributed by atoms with E-state index in [0.29, 0.717) is 43.6 Å². The van der Waals surface area contributed by atoms with E-state index in [-0.39, 0.29) is 181 Å². The van der Waals surface area contributed by atoms with Crippen molar-refractivity contribution in [2.75, 3.05) is 108 Å². The molecule has 1 aromatic heterocycles. The first-order chi connectivity index (χ1) is 61.7. The first-order valence-electron chi connectivity index (χ1n) is 43.6.